The number of hydrogen-bond donors (Lipinski definition) is 0. The summed E-state index contributed by atoms with van der Waals surface area (Å²) < 4.78 is 22.7. The predicted molar refractivity (Wildman–Crippen MR) is 126 cm³/mol. The third kappa shape index (κ3) is 7.35. The summed E-state index contributed by atoms with van der Waals surface area (Å²) in [7, 11) is 1.52. The second kappa shape index (κ2) is 12.7. The van der Waals surface area contributed by atoms with Gasteiger partial charge in [0.25, 0.3) is 0 Å². The molecule has 0 aliphatic heterocycles. The van der Waals surface area contributed by atoms with Crippen molar-refractivity contribution in [2.75, 3.05) is 20.3 Å². The number of benzene rings is 1. The number of methoxy groups -OCH3 is 1. The molecule has 0 aliphatic carbocycles. The first kappa shape index (κ1) is 24.3. The fourth-order valence-corrected chi connectivity index (χ4v) is 3.07. The van der Waals surface area contributed by atoms with Crippen LogP contribution in [-0.4, -0.2) is 20.3 Å². The monoisotopic (exact) mass is 426 g/mol. The number of hydrogen-bond acceptors (Lipinski definition) is 5. The standard InChI is InChI=1S/C26H34O5/c1-6-7-8-9-17-29-22-15-11-14-21-23(22)31-26(27)25(24(21)28-5)30-18-16-20(4)13-10-12-19(2)3/h7-8,11-12,14-16H,6,9-10,13,17-18H2,1-5H3. The van der Waals surface area contributed by atoms with Gasteiger partial charge in [0.15, 0.2) is 17.1 Å². The van der Waals surface area contributed by atoms with Crippen molar-refractivity contribution in [3.8, 4) is 17.2 Å². The third-order valence-electron chi connectivity index (χ3n) is 4.71. The average molecular weight is 427 g/mol. The Kier molecular flexibility index (Phi) is 9.95. The highest BCUT2D eigenvalue weighted by molar-refractivity contribution is 5.89. The molecule has 31 heavy (non-hydrogen) atoms. The van der Waals surface area contributed by atoms with Gasteiger partial charge in [0.2, 0.25) is 5.75 Å². The van der Waals surface area contributed by atoms with Gasteiger partial charge in [0.1, 0.15) is 6.61 Å². The first-order valence-electron chi connectivity index (χ1n) is 10.8. The number of fused-ring (bicyclic) bond motifs is 1. The smallest absolute Gasteiger partial charge is 0.383 e. The maximum Gasteiger partial charge on any atom is 0.383 e. The van der Waals surface area contributed by atoms with E-state index in [1.54, 1.807) is 6.07 Å². The van der Waals surface area contributed by atoms with E-state index in [2.05, 4.69) is 45.9 Å². The van der Waals surface area contributed by atoms with E-state index >= 15 is 0 Å². The maximum absolute atomic E-state index is 12.6. The Labute approximate surface area is 185 Å². The summed E-state index contributed by atoms with van der Waals surface area (Å²) in [4.78, 5) is 12.6. The lowest BCUT2D eigenvalue weighted by Crippen LogP contribution is -2.10. The van der Waals surface area contributed by atoms with Crippen LogP contribution in [0, 0.1) is 0 Å². The van der Waals surface area contributed by atoms with Crippen LogP contribution >= 0.6 is 0 Å². The molecule has 5 heteroatoms. The van der Waals surface area contributed by atoms with Crippen molar-refractivity contribution in [1.29, 1.82) is 0 Å². The van der Waals surface area contributed by atoms with Crippen molar-refractivity contribution in [3.05, 3.63) is 64.1 Å². The Bertz CT molecular complexity index is 991. The zero-order chi connectivity index (χ0) is 22.6. The molecule has 0 radical (unpaired) electrons. The lowest BCUT2D eigenvalue weighted by molar-refractivity contribution is 0.302. The van der Waals surface area contributed by atoms with Gasteiger partial charge >= 0.3 is 5.63 Å². The van der Waals surface area contributed by atoms with Crippen LogP contribution in [-0.2, 0) is 0 Å². The van der Waals surface area contributed by atoms with Crippen LogP contribution in [0.2, 0.25) is 0 Å². The van der Waals surface area contributed by atoms with Gasteiger partial charge in [0, 0.05) is 0 Å². The molecule has 0 bridgehead atoms. The van der Waals surface area contributed by atoms with Crippen LogP contribution in [0.4, 0.5) is 0 Å². The first-order chi connectivity index (χ1) is 15.0. The van der Waals surface area contributed by atoms with Crippen molar-refractivity contribution in [3.63, 3.8) is 0 Å². The summed E-state index contributed by atoms with van der Waals surface area (Å²) in [6.45, 7) is 9.09. The molecule has 0 unspecified atom stereocenters. The normalized spacial score (nSPS) is 11.7. The van der Waals surface area contributed by atoms with Gasteiger partial charge in [-0.3, -0.25) is 0 Å². The van der Waals surface area contributed by atoms with Crippen LogP contribution in [0.5, 0.6) is 17.2 Å². The average Bonchev–Trinajstić information content (AvgIpc) is 2.74. The fourth-order valence-electron chi connectivity index (χ4n) is 3.07. The molecule has 168 valence electrons. The van der Waals surface area contributed by atoms with E-state index in [0.29, 0.717) is 29.1 Å². The SMILES string of the molecule is CCC=CCCOc1cccc2c(OC)c(OCC=C(C)CCC=C(C)C)c(=O)oc12. The Morgan fingerprint density at radius 2 is 1.84 bits per heavy atom. The van der Waals surface area contributed by atoms with Gasteiger partial charge < -0.3 is 18.6 Å². The van der Waals surface area contributed by atoms with E-state index < -0.39 is 5.63 Å². The lowest BCUT2D eigenvalue weighted by atomic mass is 10.1. The van der Waals surface area contributed by atoms with Gasteiger partial charge in [0.05, 0.1) is 19.1 Å². The van der Waals surface area contributed by atoms with Gasteiger partial charge in [-0.1, -0.05) is 42.4 Å². The van der Waals surface area contributed by atoms with E-state index in [1.165, 1.54) is 18.3 Å². The van der Waals surface area contributed by atoms with Crippen LogP contribution < -0.4 is 19.8 Å². The summed E-state index contributed by atoms with van der Waals surface area (Å²) in [5, 5.41) is 0.642. The van der Waals surface area contributed by atoms with Crippen molar-refractivity contribution in [1.82, 2.24) is 0 Å². The third-order valence-corrected chi connectivity index (χ3v) is 4.71. The predicted octanol–water partition coefficient (Wildman–Crippen LogP) is 6.61. The Hall–Kier alpha value is -2.95. The molecule has 2 aromatic rings. The minimum Gasteiger partial charge on any atom is -0.492 e. The van der Waals surface area contributed by atoms with Crippen molar-refractivity contribution < 1.29 is 18.6 Å². The lowest BCUT2D eigenvalue weighted by Gasteiger charge is -2.13. The Morgan fingerprint density at radius 1 is 1.03 bits per heavy atom. The molecule has 0 atom stereocenters. The second-order valence-corrected chi connectivity index (χ2v) is 7.58. The molecule has 0 N–H and O–H groups in total. The number of allylic oxidation sites excluding steroid dienone is 4. The van der Waals surface area contributed by atoms with Crippen LogP contribution in [0.3, 0.4) is 0 Å². The van der Waals surface area contributed by atoms with E-state index in [9.17, 15) is 4.79 Å². The minimum absolute atomic E-state index is 0.0753. The summed E-state index contributed by atoms with van der Waals surface area (Å²) in [6, 6.07) is 5.46. The highest BCUT2D eigenvalue weighted by Gasteiger charge is 2.19. The largest absolute Gasteiger partial charge is 0.492 e. The van der Waals surface area contributed by atoms with E-state index in [1.807, 2.05) is 18.2 Å². The summed E-state index contributed by atoms with van der Waals surface area (Å²) in [5.74, 6) is 0.948. The van der Waals surface area contributed by atoms with Gasteiger partial charge in [-0.05, 0) is 64.7 Å². The van der Waals surface area contributed by atoms with Crippen LogP contribution in [0.15, 0.2) is 62.9 Å². The van der Waals surface area contributed by atoms with E-state index in [0.717, 1.165) is 25.7 Å². The fraction of sp³-hybridized carbons (Fsp3) is 0.423. The molecule has 0 fully saturated rings. The van der Waals surface area contributed by atoms with E-state index in [4.69, 9.17) is 18.6 Å². The van der Waals surface area contributed by atoms with Gasteiger partial charge in [-0.25, -0.2) is 4.79 Å². The highest BCUT2D eigenvalue weighted by Crippen LogP contribution is 2.36. The van der Waals surface area contributed by atoms with E-state index in [-0.39, 0.29) is 12.4 Å². The summed E-state index contributed by atoms with van der Waals surface area (Å²) >= 11 is 0. The Morgan fingerprint density at radius 3 is 2.55 bits per heavy atom. The highest BCUT2D eigenvalue weighted by atomic mass is 16.5. The first-order valence-corrected chi connectivity index (χ1v) is 10.8. The number of ether oxygens (including phenoxy) is 3. The minimum atomic E-state index is -0.582. The quantitative estimate of drug-likeness (QED) is 0.217. The van der Waals surface area contributed by atoms with Crippen LogP contribution in [0.25, 0.3) is 11.0 Å². The molecule has 1 aromatic heterocycles. The molecule has 0 amide bonds. The van der Waals surface area contributed by atoms with Crippen molar-refractivity contribution in [2.24, 2.45) is 0 Å². The number of para-hydroxylation sites is 1. The molecule has 0 spiro atoms. The van der Waals surface area contributed by atoms with Crippen LogP contribution in [0.1, 0.15) is 53.4 Å². The summed E-state index contributed by atoms with van der Waals surface area (Å²) in [6.07, 6.45) is 12.1. The molecule has 1 aromatic carbocycles. The zero-order valence-electron chi connectivity index (χ0n) is 19.3. The molecule has 0 saturated heterocycles. The molecule has 0 saturated carbocycles. The molecular weight excluding hydrogens is 392 g/mol. The van der Waals surface area contributed by atoms with Gasteiger partial charge in [-0.2, -0.15) is 0 Å². The molecule has 0 aliphatic rings. The van der Waals surface area contributed by atoms with Gasteiger partial charge in [-0.15, -0.1) is 0 Å². The molecule has 5 nitrogen and oxygen atoms in total. The number of rotatable bonds is 12. The van der Waals surface area contributed by atoms with Crippen molar-refractivity contribution in [2.45, 2.75) is 53.4 Å². The second-order valence-electron chi connectivity index (χ2n) is 7.58. The Balaban J connectivity index is 2.19. The zero-order valence-corrected chi connectivity index (χ0v) is 19.3. The molecule has 1 heterocycles. The molecular formula is C26H34O5. The molecule has 2 rings (SSSR count). The van der Waals surface area contributed by atoms with Crippen molar-refractivity contribution >= 4 is 11.0 Å². The summed E-state index contributed by atoms with van der Waals surface area (Å²) in [5.41, 5.74) is 2.30. The maximum atomic E-state index is 12.6. The topological polar surface area (TPSA) is 57.9 Å².